The molecule has 0 N–H and O–H groups in total. The molecular weight excluding hydrogens is 487 g/mol. The lowest BCUT2D eigenvalue weighted by atomic mass is 10.0. The summed E-state index contributed by atoms with van der Waals surface area (Å²) in [6.45, 7) is 3.60. The number of carbonyl (C=O) groups excluding carboxylic acids is 1. The smallest absolute Gasteiger partial charge is 0.279 e. The fourth-order valence-electron chi connectivity index (χ4n) is 3.15. The van der Waals surface area contributed by atoms with Crippen molar-refractivity contribution in [1.82, 2.24) is 15.2 Å². The van der Waals surface area contributed by atoms with E-state index in [1.54, 1.807) is 38.2 Å². The van der Waals surface area contributed by atoms with Crippen LogP contribution in [0.5, 0.6) is 17.5 Å². The molecule has 0 radical (unpaired) electrons. The van der Waals surface area contributed by atoms with Gasteiger partial charge in [0.2, 0.25) is 5.88 Å². The molecule has 0 atom stereocenters. The summed E-state index contributed by atoms with van der Waals surface area (Å²) in [5.41, 5.74) is 2.05. The standard InChI is InChI=1S/C23H17Cl3N4O3/c1-12-6-4-5-7-18(12)32-22-17(26)11-19(27-28-22)33-21(15-9-8-14(24)10-16(15)25)20-13(2)29-30(3)23(20)31/h4-11H,1-3H3. The number of aryl methyl sites for hydroxylation is 1. The zero-order valence-electron chi connectivity index (χ0n) is 17.8. The van der Waals surface area contributed by atoms with Crippen molar-refractivity contribution < 1.29 is 14.3 Å². The van der Waals surface area contributed by atoms with Crippen LogP contribution in [-0.4, -0.2) is 33.9 Å². The van der Waals surface area contributed by atoms with Gasteiger partial charge in [0.1, 0.15) is 16.3 Å². The Labute approximate surface area is 205 Å². The van der Waals surface area contributed by atoms with E-state index in [1.807, 2.05) is 25.1 Å². The number of rotatable bonds is 5. The summed E-state index contributed by atoms with van der Waals surface area (Å²) < 4.78 is 11.8. The molecule has 0 unspecified atom stereocenters. The number of likely N-dealkylation sites (N-methyl/N-ethyl adjacent to an activating group) is 1. The number of ether oxygens (including phenoxy) is 2. The second kappa shape index (κ2) is 9.39. The molecule has 2 aromatic carbocycles. The van der Waals surface area contributed by atoms with Gasteiger partial charge in [0, 0.05) is 23.7 Å². The molecule has 4 rings (SSSR count). The zero-order valence-corrected chi connectivity index (χ0v) is 20.0. The summed E-state index contributed by atoms with van der Waals surface area (Å²) >= 11 is 18.8. The Morgan fingerprint density at radius 3 is 2.36 bits per heavy atom. The molecular formula is C23H17Cl3N4O3. The minimum Gasteiger partial charge on any atom is -0.436 e. The zero-order chi connectivity index (χ0) is 23.7. The fourth-order valence-corrected chi connectivity index (χ4v) is 3.82. The Hall–Kier alpha value is -3.13. The van der Waals surface area contributed by atoms with Crippen molar-refractivity contribution in [3.05, 3.63) is 80.3 Å². The van der Waals surface area contributed by atoms with Crippen LogP contribution >= 0.6 is 34.8 Å². The molecule has 10 heteroatoms. The molecule has 0 bridgehead atoms. The van der Waals surface area contributed by atoms with Crippen molar-refractivity contribution in [2.75, 3.05) is 7.05 Å². The molecule has 1 aliphatic heterocycles. The molecule has 168 valence electrons. The summed E-state index contributed by atoms with van der Waals surface area (Å²) in [6.07, 6.45) is 0. The first-order valence-corrected chi connectivity index (χ1v) is 10.9. The van der Waals surface area contributed by atoms with Crippen molar-refractivity contribution in [1.29, 1.82) is 0 Å². The van der Waals surface area contributed by atoms with E-state index in [2.05, 4.69) is 15.3 Å². The van der Waals surface area contributed by atoms with Crippen LogP contribution in [0.25, 0.3) is 5.76 Å². The van der Waals surface area contributed by atoms with E-state index < -0.39 is 0 Å². The summed E-state index contributed by atoms with van der Waals surface area (Å²) in [4.78, 5) is 12.8. The van der Waals surface area contributed by atoms with Crippen LogP contribution in [0, 0.1) is 6.92 Å². The average molecular weight is 504 g/mol. The van der Waals surface area contributed by atoms with Crippen molar-refractivity contribution in [2.24, 2.45) is 5.10 Å². The number of aromatic nitrogens is 2. The first-order chi connectivity index (χ1) is 15.7. The molecule has 7 nitrogen and oxygen atoms in total. The SMILES string of the molecule is CC1=NN(C)C(=O)C1=C(Oc1cc(Cl)c(Oc2ccccc2C)nn1)c1ccc(Cl)cc1Cl. The number of amides is 1. The van der Waals surface area contributed by atoms with Crippen molar-refractivity contribution >= 4 is 52.2 Å². The predicted molar refractivity (Wildman–Crippen MR) is 128 cm³/mol. The second-order valence-corrected chi connectivity index (χ2v) is 8.40. The average Bonchev–Trinajstić information content (AvgIpc) is 3.01. The summed E-state index contributed by atoms with van der Waals surface area (Å²) in [5, 5.41) is 14.4. The first-order valence-electron chi connectivity index (χ1n) is 9.72. The van der Waals surface area contributed by atoms with Gasteiger partial charge >= 0.3 is 0 Å². The van der Waals surface area contributed by atoms with Gasteiger partial charge in [-0.2, -0.15) is 5.10 Å². The van der Waals surface area contributed by atoms with E-state index in [9.17, 15) is 4.79 Å². The van der Waals surface area contributed by atoms with Crippen LogP contribution in [0.1, 0.15) is 18.1 Å². The van der Waals surface area contributed by atoms with Crippen LogP contribution < -0.4 is 9.47 Å². The predicted octanol–water partition coefficient (Wildman–Crippen LogP) is 6.18. The molecule has 0 spiro atoms. The third-order valence-corrected chi connectivity index (χ3v) is 5.59. The van der Waals surface area contributed by atoms with E-state index in [4.69, 9.17) is 44.3 Å². The number of hydrazone groups is 1. The minimum atomic E-state index is -0.355. The molecule has 0 aliphatic carbocycles. The molecule has 33 heavy (non-hydrogen) atoms. The topological polar surface area (TPSA) is 76.9 Å². The lowest BCUT2D eigenvalue weighted by molar-refractivity contribution is -0.124. The minimum absolute atomic E-state index is 0.0424. The van der Waals surface area contributed by atoms with Crippen LogP contribution in [-0.2, 0) is 4.79 Å². The molecule has 0 fully saturated rings. The van der Waals surface area contributed by atoms with Gasteiger partial charge in [-0.15, -0.1) is 10.2 Å². The van der Waals surface area contributed by atoms with Crippen LogP contribution in [0.2, 0.25) is 15.1 Å². The molecule has 0 saturated heterocycles. The number of halogens is 3. The Balaban J connectivity index is 1.73. The van der Waals surface area contributed by atoms with Crippen LogP contribution in [0.3, 0.4) is 0 Å². The van der Waals surface area contributed by atoms with E-state index >= 15 is 0 Å². The van der Waals surface area contributed by atoms with Gasteiger partial charge < -0.3 is 9.47 Å². The van der Waals surface area contributed by atoms with Gasteiger partial charge in [-0.1, -0.05) is 53.0 Å². The van der Waals surface area contributed by atoms with Gasteiger partial charge in [-0.25, -0.2) is 5.01 Å². The largest absolute Gasteiger partial charge is 0.436 e. The number of hydrogen-bond acceptors (Lipinski definition) is 6. The maximum Gasteiger partial charge on any atom is 0.279 e. The molecule has 2 heterocycles. The highest BCUT2D eigenvalue weighted by Crippen LogP contribution is 2.35. The lowest BCUT2D eigenvalue weighted by Gasteiger charge is -2.15. The maximum atomic E-state index is 12.8. The third kappa shape index (κ3) is 4.80. The van der Waals surface area contributed by atoms with Gasteiger partial charge in [0.25, 0.3) is 11.8 Å². The summed E-state index contributed by atoms with van der Waals surface area (Å²) in [5.74, 6) is 0.564. The van der Waals surface area contributed by atoms with E-state index in [0.29, 0.717) is 27.1 Å². The van der Waals surface area contributed by atoms with Gasteiger partial charge in [-0.05, 0) is 43.7 Å². The number of benzene rings is 2. The second-order valence-electron chi connectivity index (χ2n) is 7.15. The van der Waals surface area contributed by atoms with E-state index in [1.165, 1.54) is 11.1 Å². The Kier molecular flexibility index (Phi) is 6.56. The molecule has 1 aliphatic rings. The highest BCUT2D eigenvalue weighted by atomic mass is 35.5. The Bertz CT molecular complexity index is 1320. The van der Waals surface area contributed by atoms with E-state index in [-0.39, 0.29) is 34.0 Å². The Morgan fingerprint density at radius 1 is 0.970 bits per heavy atom. The number of carbonyl (C=O) groups is 1. The third-order valence-electron chi connectivity index (χ3n) is 4.77. The number of nitrogens with zero attached hydrogens (tertiary/aromatic N) is 4. The van der Waals surface area contributed by atoms with Crippen LogP contribution in [0.4, 0.5) is 0 Å². The molecule has 0 saturated carbocycles. The van der Waals surface area contributed by atoms with Crippen molar-refractivity contribution in [2.45, 2.75) is 13.8 Å². The van der Waals surface area contributed by atoms with Crippen LogP contribution in [0.15, 0.2) is 59.2 Å². The lowest BCUT2D eigenvalue weighted by Crippen LogP contribution is -2.19. The first kappa shape index (κ1) is 23.0. The molecule has 3 aromatic rings. The normalized spacial score (nSPS) is 14.9. The van der Waals surface area contributed by atoms with Crippen molar-refractivity contribution in [3.8, 4) is 17.5 Å². The highest BCUT2D eigenvalue weighted by Gasteiger charge is 2.31. The number of para-hydroxylation sites is 1. The van der Waals surface area contributed by atoms with Gasteiger partial charge in [0.05, 0.1) is 10.7 Å². The van der Waals surface area contributed by atoms with E-state index in [0.717, 1.165) is 5.56 Å². The quantitative estimate of drug-likeness (QED) is 0.307. The fraction of sp³-hybridized carbons (Fsp3) is 0.130. The van der Waals surface area contributed by atoms with Gasteiger partial charge in [-0.3, -0.25) is 4.79 Å². The number of hydrogen-bond donors (Lipinski definition) is 0. The highest BCUT2D eigenvalue weighted by molar-refractivity contribution is 6.36. The molecule has 1 aromatic heterocycles. The molecule has 1 amide bonds. The van der Waals surface area contributed by atoms with Crippen molar-refractivity contribution in [3.63, 3.8) is 0 Å². The van der Waals surface area contributed by atoms with Gasteiger partial charge in [0.15, 0.2) is 5.76 Å². The monoisotopic (exact) mass is 502 g/mol. The summed E-state index contributed by atoms with van der Waals surface area (Å²) in [6, 6.07) is 13.7. The maximum absolute atomic E-state index is 12.8. The Morgan fingerprint density at radius 2 is 1.73 bits per heavy atom. The summed E-state index contributed by atoms with van der Waals surface area (Å²) in [7, 11) is 1.55.